The predicted octanol–water partition coefficient (Wildman–Crippen LogP) is 6.69. The molecule has 2 nitrogen and oxygen atoms in total. The van der Waals surface area contributed by atoms with E-state index in [1.807, 2.05) is 12.1 Å². The van der Waals surface area contributed by atoms with Crippen molar-refractivity contribution in [1.29, 1.82) is 0 Å². The van der Waals surface area contributed by atoms with Gasteiger partial charge in [-0.1, -0.05) is 96.1 Å². The van der Waals surface area contributed by atoms with Crippen LogP contribution in [0.4, 0.5) is 0 Å². The van der Waals surface area contributed by atoms with E-state index in [1.165, 1.54) is 89.0 Å². The van der Waals surface area contributed by atoms with Gasteiger partial charge in [-0.25, -0.2) is 0 Å². The second-order valence-corrected chi connectivity index (χ2v) is 7.21. The fraction of sp³-hybridized carbons (Fsp3) is 0.739. The van der Waals surface area contributed by atoms with Crippen molar-refractivity contribution in [2.24, 2.45) is 0 Å². The van der Waals surface area contributed by atoms with Crippen LogP contribution in [0.25, 0.3) is 0 Å². The fourth-order valence-corrected chi connectivity index (χ4v) is 3.30. The third-order valence-electron chi connectivity index (χ3n) is 4.83. The average molecular weight is 349 g/mol. The van der Waals surface area contributed by atoms with Crippen molar-refractivity contribution in [3.8, 4) is 5.75 Å². The molecule has 0 saturated carbocycles. The van der Waals surface area contributed by atoms with Crippen LogP contribution in [0, 0.1) is 0 Å². The maximum Gasteiger partial charge on any atom is 0.119 e. The maximum absolute atomic E-state index is 8.81. The highest BCUT2D eigenvalue weighted by Crippen LogP contribution is 2.17. The number of aliphatic hydroxyl groups is 1. The quantitative estimate of drug-likeness (QED) is 0.318. The van der Waals surface area contributed by atoms with Crippen LogP contribution in [0.1, 0.15) is 96.0 Å². The van der Waals surface area contributed by atoms with E-state index in [0.717, 1.165) is 12.2 Å². The summed E-state index contributed by atoms with van der Waals surface area (Å²) in [6.07, 6.45) is 19.3. The lowest BCUT2D eigenvalue weighted by molar-refractivity contribution is 0.201. The number of unbranched alkanes of at least 4 members (excludes halogenated alkanes) is 12. The third-order valence-corrected chi connectivity index (χ3v) is 4.83. The second-order valence-electron chi connectivity index (χ2n) is 7.21. The Balaban J connectivity index is 1.90. The van der Waals surface area contributed by atoms with E-state index in [2.05, 4.69) is 19.1 Å². The zero-order chi connectivity index (χ0) is 18.0. The minimum Gasteiger partial charge on any atom is -0.491 e. The first-order valence-corrected chi connectivity index (χ1v) is 10.7. The summed E-state index contributed by atoms with van der Waals surface area (Å²) in [4.78, 5) is 0. The molecule has 1 aromatic rings. The first-order valence-electron chi connectivity index (χ1n) is 10.7. The summed E-state index contributed by atoms with van der Waals surface area (Å²) in [5.74, 6) is 0.876. The van der Waals surface area contributed by atoms with Gasteiger partial charge in [-0.05, 0) is 30.5 Å². The highest BCUT2D eigenvalue weighted by Gasteiger charge is 1.98. The van der Waals surface area contributed by atoms with Crippen LogP contribution >= 0.6 is 0 Å². The summed E-state index contributed by atoms with van der Waals surface area (Å²) in [5.41, 5.74) is 1.35. The van der Waals surface area contributed by atoms with Crippen LogP contribution in [0.2, 0.25) is 0 Å². The van der Waals surface area contributed by atoms with Crippen LogP contribution in [-0.4, -0.2) is 18.3 Å². The molecule has 0 heterocycles. The molecule has 0 amide bonds. The first kappa shape index (κ1) is 22.0. The lowest BCUT2D eigenvalue weighted by atomic mass is 10.0. The van der Waals surface area contributed by atoms with E-state index >= 15 is 0 Å². The maximum atomic E-state index is 8.81. The van der Waals surface area contributed by atoms with Gasteiger partial charge >= 0.3 is 0 Å². The Morgan fingerprint density at radius 2 is 1.32 bits per heavy atom. The molecule has 1 rings (SSSR count). The van der Waals surface area contributed by atoms with E-state index in [1.54, 1.807) is 0 Å². The van der Waals surface area contributed by atoms with Crippen molar-refractivity contribution in [2.75, 3.05) is 13.2 Å². The van der Waals surface area contributed by atoms with Gasteiger partial charge in [0.1, 0.15) is 12.4 Å². The normalized spacial score (nSPS) is 11.0. The molecule has 0 aliphatic heterocycles. The average Bonchev–Trinajstić information content (AvgIpc) is 2.64. The van der Waals surface area contributed by atoms with Gasteiger partial charge in [0.05, 0.1) is 6.61 Å². The molecule has 25 heavy (non-hydrogen) atoms. The van der Waals surface area contributed by atoms with E-state index in [4.69, 9.17) is 9.84 Å². The Morgan fingerprint density at radius 1 is 0.760 bits per heavy atom. The largest absolute Gasteiger partial charge is 0.491 e. The van der Waals surface area contributed by atoms with Crippen LogP contribution in [0.3, 0.4) is 0 Å². The Hall–Kier alpha value is -1.02. The van der Waals surface area contributed by atoms with Gasteiger partial charge in [0, 0.05) is 0 Å². The number of benzene rings is 1. The van der Waals surface area contributed by atoms with Crippen molar-refractivity contribution < 1.29 is 9.84 Å². The van der Waals surface area contributed by atoms with Crippen LogP contribution in [0.5, 0.6) is 5.75 Å². The summed E-state index contributed by atoms with van der Waals surface area (Å²) in [6.45, 7) is 2.73. The number of hydrogen-bond donors (Lipinski definition) is 1. The summed E-state index contributed by atoms with van der Waals surface area (Å²) in [5, 5.41) is 8.81. The SMILES string of the molecule is CCCCCCCCCCCCCCCc1cccc(OCCO)c1. The number of aliphatic hydroxyl groups excluding tert-OH is 1. The third kappa shape index (κ3) is 12.9. The molecule has 2 heteroatoms. The number of aryl methyl sites for hydroxylation is 1. The van der Waals surface area contributed by atoms with Gasteiger partial charge in [0.25, 0.3) is 0 Å². The molecule has 0 unspecified atom stereocenters. The van der Waals surface area contributed by atoms with Gasteiger partial charge in [0.15, 0.2) is 0 Å². The van der Waals surface area contributed by atoms with Gasteiger partial charge in [0.2, 0.25) is 0 Å². The molecule has 0 aromatic heterocycles. The van der Waals surface area contributed by atoms with Crippen LogP contribution in [-0.2, 0) is 6.42 Å². The molecule has 0 aliphatic carbocycles. The summed E-state index contributed by atoms with van der Waals surface area (Å²) < 4.78 is 5.46. The molecule has 0 fully saturated rings. The predicted molar refractivity (Wildman–Crippen MR) is 108 cm³/mol. The Labute approximate surface area is 156 Å². The number of rotatable bonds is 17. The van der Waals surface area contributed by atoms with Crippen LogP contribution < -0.4 is 4.74 Å². The molecule has 144 valence electrons. The topological polar surface area (TPSA) is 29.5 Å². The van der Waals surface area contributed by atoms with Crippen molar-refractivity contribution in [2.45, 2.75) is 96.8 Å². The van der Waals surface area contributed by atoms with E-state index in [9.17, 15) is 0 Å². The molecule has 0 bridgehead atoms. The van der Waals surface area contributed by atoms with E-state index < -0.39 is 0 Å². The molecule has 0 atom stereocenters. The summed E-state index contributed by atoms with van der Waals surface area (Å²) >= 11 is 0. The molecule has 0 saturated heterocycles. The minimum atomic E-state index is 0.0725. The number of ether oxygens (including phenoxy) is 1. The monoisotopic (exact) mass is 348 g/mol. The van der Waals surface area contributed by atoms with Crippen molar-refractivity contribution >= 4 is 0 Å². The molecule has 0 spiro atoms. The molecular formula is C23H40O2. The van der Waals surface area contributed by atoms with Crippen LogP contribution in [0.15, 0.2) is 24.3 Å². The zero-order valence-electron chi connectivity index (χ0n) is 16.5. The molecule has 1 aromatic carbocycles. The van der Waals surface area contributed by atoms with E-state index in [-0.39, 0.29) is 6.61 Å². The molecule has 0 radical (unpaired) electrons. The van der Waals surface area contributed by atoms with Crippen molar-refractivity contribution in [3.63, 3.8) is 0 Å². The smallest absolute Gasteiger partial charge is 0.119 e. The Kier molecular flexibility index (Phi) is 14.5. The number of hydrogen-bond acceptors (Lipinski definition) is 2. The highest BCUT2D eigenvalue weighted by molar-refractivity contribution is 5.28. The summed E-state index contributed by atoms with van der Waals surface area (Å²) in [6, 6.07) is 8.29. The lowest BCUT2D eigenvalue weighted by Crippen LogP contribution is -2.01. The lowest BCUT2D eigenvalue weighted by Gasteiger charge is -2.07. The zero-order valence-corrected chi connectivity index (χ0v) is 16.5. The van der Waals surface area contributed by atoms with Gasteiger partial charge in [-0.15, -0.1) is 0 Å². The first-order chi connectivity index (χ1) is 12.4. The Bertz CT molecular complexity index is 403. The molecule has 0 aliphatic rings. The second kappa shape index (κ2) is 16.4. The molecule has 1 N–H and O–H groups in total. The minimum absolute atomic E-state index is 0.0725. The molecular weight excluding hydrogens is 308 g/mol. The van der Waals surface area contributed by atoms with Gasteiger partial charge in [-0.2, -0.15) is 0 Å². The Morgan fingerprint density at radius 3 is 1.88 bits per heavy atom. The summed E-state index contributed by atoms with van der Waals surface area (Å²) in [7, 11) is 0. The van der Waals surface area contributed by atoms with Crippen molar-refractivity contribution in [1.82, 2.24) is 0 Å². The highest BCUT2D eigenvalue weighted by atomic mass is 16.5. The fourth-order valence-electron chi connectivity index (χ4n) is 3.30. The van der Waals surface area contributed by atoms with Gasteiger partial charge in [-0.3, -0.25) is 0 Å². The van der Waals surface area contributed by atoms with Crippen molar-refractivity contribution in [3.05, 3.63) is 29.8 Å². The standard InChI is InChI=1S/C23H40O2/c1-2-3-4-5-6-7-8-9-10-11-12-13-14-16-22-17-15-18-23(21-22)25-20-19-24/h15,17-18,21,24H,2-14,16,19-20H2,1H3. The van der Waals surface area contributed by atoms with E-state index in [0.29, 0.717) is 6.61 Å². The van der Waals surface area contributed by atoms with Gasteiger partial charge < -0.3 is 9.84 Å².